The highest BCUT2D eigenvalue weighted by molar-refractivity contribution is 5.82. The Bertz CT molecular complexity index is 6200. The molecule has 0 bridgehead atoms. The smallest absolute Gasteiger partial charge is 0.416 e. The van der Waals surface area contributed by atoms with Crippen LogP contribution in [-0.2, 0) is 31.4 Å². The van der Waals surface area contributed by atoms with Crippen LogP contribution in [0.1, 0.15) is 72.5 Å². The van der Waals surface area contributed by atoms with Crippen molar-refractivity contribution in [3.63, 3.8) is 0 Å². The van der Waals surface area contributed by atoms with Crippen molar-refractivity contribution in [3.8, 4) is 35.0 Å². The number of hydrogen-bond donors (Lipinski definition) is 5. The van der Waals surface area contributed by atoms with Crippen LogP contribution in [-0.4, -0.2) is 105 Å². The molecule has 0 unspecified atom stereocenters. The molecule has 0 amide bonds. The molecule has 16 aromatic rings. The number of imidazole rings is 3. The fourth-order valence-corrected chi connectivity index (χ4v) is 11.8. The Morgan fingerprint density at radius 3 is 1.37 bits per heavy atom. The minimum atomic E-state index is -4.41. The molecule has 17 rings (SSSR count). The molecule has 0 saturated heterocycles. The SMILES string of the molecule is CCc1nc2ccc(F)cc2n1-c1nncc(Nc2ccc(C(F)(F)F)cc2)n1.CCc1nn2ccccc2c1-c1nc(N)nc(Nc2ccc(OC(F)F)cc2)n1.Cc1nc2ccc(F)cc2n1-c1nncc(Nc2ccc(C(F)(F)F)cc2)n1.Fc1ccc2nc(C3CC3)n(-c3nncc(Nc4ccc(C(F)(F)F)cc4)n3)c2c1. The van der Waals surface area contributed by atoms with Gasteiger partial charge in [0.05, 0.1) is 85.2 Å². The van der Waals surface area contributed by atoms with Crippen molar-refractivity contribution in [1.82, 2.24) is 98.8 Å². The van der Waals surface area contributed by atoms with Crippen LogP contribution in [0.4, 0.5) is 114 Å². The van der Waals surface area contributed by atoms with Gasteiger partial charge in [-0.25, -0.2) is 32.6 Å². The number of pyridine rings is 1. The van der Waals surface area contributed by atoms with Gasteiger partial charge in [-0.15, -0.1) is 15.3 Å². The van der Waals surface area contributed by atoms with E-state index in [2.05, 4.69) is 107 Å². The molecule has 0 aliphatic heterocycles. The van der Waals surface area contributed by atoms with E-state index in [0.29, 0.717) is 92.0 Å². The number of hydrogen-bond acceptors (Lipinski definition) is 22. The van der Waals surface area contributed by atoms with Crippen LogP contribution in [0.2, 0.25) is 0 Å². The molecule has 116 heavy (non-hydrogen) atoms. The van der Waals surface area contributed by atoms with Crippen molar-refractivity contribution < 1.29 is 66.2 Å². The summed E-state index contributed by atoms with van der Waals surface area (Å²) in [6.07, 6.45) is -4.14. The van der Waals surface area contributed by atoms with Crippen molar-refractivity contribution in [2.24, 2.45) is 0 Å². The van der Waals surface area contributed by atoms with Gasteiger partial charge < -0.3 is 31.7 Å². The van der Waals surface area contributed by atoms with Crippen molar-refractivity contribution >= 4 is 90.7 Å². The van der Waals surface area contributed by atoms with Gasteiger partial charge in [0.25, 0.3) is 17.8 Å². The van der Waals surface area contributed by atoms with Crippen LogP contribution >= 0.6 is 0 Å². The van der Waals surface area contributed by atoms with Gasteiger partial charge in [-0.1, -0.05) is 19.9 Å². The lowest BCUT2D eigenvalue weighted by molar-refractivity contribution is -0.138. The highest BCUT2D eigenvalue weighted by Gasteiger charge is 2.34. The number of aryl methyl sites for hydroxylation is 3. The number of ether oxygens (including phenoxy) is 1. The van der Waals surface area contributed by atoms with Crippen LogP contribution in [0.5, 0.6) is 5.75 Å². The summed E-state index contributed by atoms with van der Waals surface area (Å²) in [4.78, 5) is 39.4. The highest BCUT2D eigenvalue weighted by atomic mass is 19.4. The van der Waals surface area contributed by atoms with Gasteiger partial charge in [-0.05, 0) is 172 Å². The fourth-order valence-electron chi connectivity index (χ4n) is 11.8. The van der Waals surface area contributed by atoms with Crippen LogP contribution in [0.25, 0.3) is 67.8 Å². The number of aromatic nitrogens is 20. The van der Waals surface area contributed by atoms with E-state index in [9.17, 15) is 61.5 Å². The Morgan fingerprint density at radius 1 is 0.466 bits per heavy atom. The molecule has 9 heterocycles. The topological polar surface area (TPSA) is 309 Å². The van der Waals surface area contributed by atoms with Crippen LogP contribution in [0, 0.1) is 24.4 Å². The number of nitrogens with two attached hydrogens (primary N) is 1. The molecule has 1 aliphatic carbocycles. The standard InChI is InChI=1S/C20H14F4N6.C19H14F4N6.C19H17F2N7O.C18H12F4N6/c21-13-5-8-15-16(9-13)30(18(27-15)11-1-2-11)19-28-17(10-25-29-19)26-14-6-3-12(4-7-14)20(22,23)24;1-2-17-26-14-8-5-12(20)9-15(14)29(17)18-27-16(10-24-28-18)25-13-6-3-11(4-7-13)19(21,22)23;1-2-13-15(14-5-3-4-10-28(14)27-13)16-24-18(22)26-19(25-16)23-11-6-8-12(9-7-11)29-17(20)21;1-10-24-14-7-4-12(19)8-15(14)28(10)17-26-16(9-23-27-17)25-13-5-2-11(3-6-13)18(20,21)22/h3-11H,1-2H2,(H,26,28,29);3-10H,2H2,1H3,(H,25,27,28);3-10,17H,2H2,1H3,(H3,22,23,24,25,26);2-9H,1H3,(H,25,26,27). The van der Waals surface area contributed by atoms with Crippen LogP contribution in [0.15, 0.2) is 195 Å². The number of nitrogen functional groups attached to an aromatic ring is 1. The Hall–Kier alpha value is -14.5. The minimum Gasteiger partial charge on any atom is -0.435 e. The number of fused-ring (bicyclic) bond motifs is 4. The third-order valence-electron chi connectivity index (χ3n) is 17.2. The van der Waals surface area contributed by atoms with Gasteiger partial charge in [0.2, 0.25) is 11.9 Å². The number of alkyl halides is 11. The van der Waals surface area contributed by atoms with Gasteiger partial charge in [0.1, 0.15) is 40.7 Å². The van der Waals surface area contributed by atoms with Crippen molar-refractivity contribution in [2.45, 2.75) is 77.5 Å². The summed E-state index contributed by atoms with van der Waals surface area (Å²) >= 11 is 0. The number of nitrogens with zero attached hydrogens (tertiary/aromatic N) is 20. The quantitative estimate of drug-likeness (QED) is 0.0529. The zero-order valence-electron chi connectivity index (χ0n) is 60.2. The maximum Gasteiger partial charge on any atom is 0.416 e. The Labute approximate surface area is 644 Å². The summed E-state index contributed by atoms with van der Waals surface area (Å²) < 4.78 is 191. The summed E-state index contributed by atoms with van der Waals surface area (Å²) in [7, 11) is 0. The molecule has 1 saturated carbocycles. The lowest BCUT2D eigenvalue weighted by Crippen LogP contribution is -2.08. The number of halogens is 14. The Balaban J connectivity index is 0.000000128. The Kier molecular flexibility index (Phi) is 22.0. The molecule has 0 spiro atoms. The summed E-state index contributed by atoms with van der Waals surface area (Å²) in [5, 5.41) is 40.0. The number of nitrogens with one attached hydrogen (secondary N) is 4. The fraction of sp³-hybridized carbons (Fsp3) is 0.158. The number of anilines is 9. The summed E-state index contributed by atoms with van der Waals surface area (Å²) in [5.41, 5.74) is 11.2. The average Bonchev–Trinajstić information content (AvgIpc) is 1.61. The second-order valence-electron chi connectivity index (χ2n) is 25.3. The molecule has 40 heteroatoms. The van der Waals surface area contributed by atoms with Gasteiger partial charge in [-0.2, -0.15) is 98.6 Å². The first kappa shape index (κ1) is 78.2. The summed E-state index contributed by atoms with van der Waals surface area (Å²) in [5.74, 6) is 2.99. The largest absolute Gasteiger partial charge is 0.435 e. The number of benzene rings is 7. The minimum absolute atomic E-state index is 0.0486. The van der Waals surface area contributed by atoms with E-state index in [1.807, 2.05) is 38.2 Å². The molecule has 7 aromatic carbocycles. The van der Waals surface area contributed by atoms with Gasteiger partial charge in [0, 0.05) is 59.5 Å². The molecule has 0 radical (unpaired) electrons. The van der Waals surface area contributed by atoms with Crippen molar-refractivity contribution in [3.05, 3.63) is 252 Å². The van der Waals surface area contributed by atoms with E-state index in [1.165, 1.54) is 104 Å². The monoisotopic (exact) mass is 1600 g/mol. The lowest BCUT2D eigenvalue weighted by atomic mass is 10.1. The Morgan fingerprint density at radius 2 is 0.905 bits per heavy atom. The molecule has 590 valence electrons. The van der Waals surface area contributed by atoms with E-state index >= 15 is 0 Å². The molecule has 0 atom stereocenters. The van der Waals surface area contributed by atoms with E-state index in [4.69, 9.17) is 5.73 Å². The van der Waals surface area contributed by atoms with Crippen LogP contribution in [0.3, 0.4) is 0 Å². The van der Waals surface area contributed by atoms with Gasteiger partial charge in [0.15, 0.2) is 23.3 Å². The zero-order chi connectivity index (χ0) is 81.7. The third kappa shape index (κ3) is 18.2. The maximum absolute atomic E-state index is 13.9. The van der Waals surface area contributed by atoms with E-state index in [0.717, 1.165) is 71.8 Å². The third-order valence-corrected chi connectivity index (χ3v) is 17.2. The van der Waals surface area contributed by atoms with E-state index in [-0.39, 0.29) is 53.0 Å². The second kappa shape index (κ2) is 32.7. The first-order valence-electron chi connectivity index (χ1n) is 34.8. The number of rotatable bonds is 17. The average molecular weight is 1600 g/mol. The first-order chi connectivity index (χ1) is 55.6. The maximum atomic E-state index is 13.9. The molecular weight excluding hydrogens is 1540 g/mol. The van der Waals surface area contributed by atoms with Gasteiger partial charge in [-0.3, -0.25) is 13.7 Å². The molecule has 1 aliphatic rings. The normalized spacial score (nSPS) is 12.3. The zero-order valence-corrected chi connectivity index (χ0v) is 60.2. The van der Waals surface area contributed by atoms with Gasteiger partial charge >= 0.3 is 25.1 Å². The first-order valence-corrected chi connectivity index (χ1v) is 34.8. The summed E-state index contributed by atoms with van der Waals surface area (Å²) in [6.45, 7) is 2.74. The molecule has 26 nitrogen and oxygen atoms in total. The highest BCUT2D eigenvalue weighted by Crippen LogP contribution is 2.42. The van der Waals surface area contributed by atoms with E-state index in [1.54, 1.807) is 55.5 Å². The predicted octanol–water partition coefficient (Wildman–Crippen LogP) is 17.8. The van der Waals surface area contributed by atoms with Crippen LogP contribution < -0.4 is 31.7 Å². The van der Waals surface area contributed by atoms with E-state index < -0.39 is 59.3 Å². The molecule has 1 fully saturated rings. The van der Waals surface area contributed by atoms with Crippen molar-refractivity contribution in [1.29, 1.82) is 0 Å². The molecule has 6 N–H and O–H groups in total. The molecular formula is C76H57F14N25O. The summed E-state index contributed by atoms with van der Waals surface area (Å²) in [6, 6.07) is 38.0. The predicted molar refractivity (Wildman–Crippen MR) is 398 cm³/mol. The lowest BCUT2D eigenvalue weighted by Gasteiger charge is -2.10. The van der Waals surface area contributed by atoms with Crippen molar-refractivity contribution in [2.75, 3.05) is 27.0 Å². The second-order valence-corrected chi connectivity index (χ2v) is 25.3. The molecule has 9 aromatic heterocycles.